The molecule has 0 aromatic heterocycles. The van der Waals surface area contributed by atoms with Crippen LogP contribution in [0.4, 0.5) is 0 Å². The van der Waals surface area contributed by atoms with Gasteiger partial charge in [-0.05, 0) is 56.5 Å². The van der Waals surface area contributed by atoms with Gasteiger partial charge in [-0.15, -0.1) is 0 Å². The first kappa shape index (κ1) is 15.3. The summed E-state index contributed by atoms with van der Waals surface area (Å²) in [5.41, 5.74) is 0.537. The molecule has 3 atom stereocenters. The van der Waals surface area contributed by atoms with Crippen molar-refractivity contribution in [1.29, 1.82) is 0 Å². The summed E-state index contributed by atoms with van der Waals surface area (Å²) in [6, 6.07) is 1.51. The van der Waals surface area contributed by atoms with Crippen LogP contribution in [0.3, 0.4) is 0 Å². The molecule has 0 amide bonds. The monoisotopic (exact) mass is 266 g/mol. The molecule has 0 spiro atoms. The topological polar surface area (TPSA) is 15.3 Å². The maximum absolute atomic E-state index is 3.76. The number of likely N-dealkylation sites (tertiary alicyclic amines) is 1. The number of hydrogen-bond acceptors (Lipinski definition) is 2. The van der Waals surface area contributed by atoms with E-state index >= 15 is 0 Å². The van der Waals surface area contributed by atoms with Crippen LogP contribution in [0.2, 0.25) is 0 Å². The summed E-state index contributed by atoms with van der Waals surface area (Å²) in [5.74, 6) is 0.945. The Morgan fingerprint density at radius 1 is 1.21 bits per heavy atom. The highest BCUT2D eigenvalue weighted by molar-refractivity contribution is 4.95. The van der Waals surface area contributed by atoms with Gasteiger partial charge in [0.25, 0.3) is 0 Å². The Bertz CT molecular complexity index is 274. The van der Waals surface area contributed by atoms with Crippen LogP contribution < -0.4 is 5.32 Å². The van der Waals surface area contributed by atoms with Crippen LogP contribution in [0, 0.1) is 11.3 Å². The van der Waals surface area contributed by atoms with Crippen molar-refractivity contribution in [3.8, 4) is 0 Å². The Labute approximate surface area is 120 Å². The van der Waals surface area contributed by atoms with Gasteiger partial charge in [-0.3, -0.25) is 4.90 Å². The van der Waals surface area contributed by atoms with Gasteiger partial charge in [-0.2, -0.15) is 0 Å². The first-order chi connectivity index (χ1) is 9.05. The van der Waals surface area contributed by atoms with Gasteiger partial charge >= 0.3 is 0 Å². The number of nitrogens with one attached hydrogen (secondary N) is 1. The quantitative estimate of drug-likeness (QED) is 0.835. The second-order valence-electron chi connectivity index (χ2n) is 7.55. The van der Waals surface area contributed by atoms with Crippen molar-refractivity contribution in [1.82, 2.24) is 10.2 Å². The summed E-state index contributed by atoms with van der Waals surface area (Å²) in [6.07, 6.45) is 8.34. The highest BCUT2D eigenvalue weighted by Gasteiger charge is 2.38. The summed E-state index contributed by atoms with van der Waals surface area (Å²) in [4.78, 5) is 2.83. The Morgan fingerprint density at radius 2 is 2.00 bits per heavy atom. The summed E-state index contributed by atoms with van der Waals surface area (Å²) in [5, 5.41) is 3.76. The van der Waals surface area contributed by atoms with Gasteiger partial charge < -0.3 is 5.32 Å². The third kappa shape index (κ3) is 3.95. The van der Waals surface area contributed by atoms with E-state index in [0.717, 1.165) is 24.5 Å². The van der Waals surface area contributed by atoms with Crippen LogP contribution >= 0.6 is 0 Å². The average Bonchev–Trinajstić information content (AvgIpc) is 2.41. The molecule has 2 aliphatic rings. The lowest BCUT2D eigenvalue weighted by molar-refractivity contribution is 0.0360. The molecule has 0 radical (unpaired) electrons. The van der Waals surface area contributed by atoms with Crippen molar-refractivity contribution >= 4 is 0 Å². The van der Waals surface area contributed by atoms with Gasteiger partial charge in [0.2, 0.25) is 0 Å². The number of likely N-dealkylation sites (N-methyl/N-ethyl adjacent to an activating group) is 1. The normalized spacial score (nSPS) is 36.3. The van der Waals surface area contributed by atoms with Crippen molar-refractivity contribution in [2.24, 2.45) is 11.3 Å². The van der Waals surface area contributed by atoms with Crippen molar-refractivity contribution in [2.75, 3.05) is 19.6 Å². The lowest BCUT2D eigenvalue weighted by Gasteiger charge is -2.48. The molecule has 0 aromatic rings. The molecule has 1 saturated carbocycles. The molecule has 19 heavy (non-hydrogen) atoms. The lowest BCUT2D eigenvalue weighted by Crippen LogP contribution is -2.56. The zero-order chi connectivity index (χ0) is 13.9. The summed E-state index contributed by atoms with van der Waals surface area (Å²) in [6.45, 7) is 13.3. The van der Waals surface area contributed by atoms with Crippen LogP contribution in [-0.2, 0) is 0 Å². The SMILES string of the molecule is CCNC1CCC(C)(C)CC1N1CCCC(CC)C1. The predicted molar refractivity (Wildman–Crippen MR) is 83.5 cm³/mol. The van der Waals surface area contributed by atoms with E-state index in [-0.39, 0.29) is 0 Å². The molecule has 1 saturated heterocycles. The van der Waals surface area contributed by atoms with Crippen LogP contribution in [0.1, 0.15) is 66.2 Å². The zero-order valence-corrected chi connectivity index (χ0v) is 13.5. The maximum atomic E-state index is 3.76. The van der Waals surface area contributed by atoms with Crippen molar-refractivity contribution in [3.63, 3.8) is 0 Å². The molecule has 2 nitrogen and oxygen atoms in total. The molecule has 0 aromatic carbocycles. The van der Waals surface area contributed by atoms with Crippen molar-refractivity contribution in [2.45, 2.75) is 78.3 Å². The van der Waals surface area contributed by atoms with Crippen LogP contribution in [0.25, 0.3) is 0 Å². The molecule has 1 aliphatic heterocycles. The molecule has 0 bridgehead atoms. The third-order valence-corrected chi connectivity index (χ3v) is 5.42. The van der Waals surface area contributed by atoms with Gasteiger partial charge in [-0.25, -0.2) is 0 Å². The van der Waals surface area contributed by atoms with Crippen LogP contribution in [0.5, 0.6) is 0 Å². The standard InChI is InChI=1S/C17H34N2/c1-5-14-8-7-11-19(13-14)16-12-17(3,4)10-9-15(16)18-6-2/h14-16,18H,5-13H2,1-4H3. The lowest BCUT2D eigenvalue weighted by atomic mass is 9.72. The number of rotatable bonds is 4. The minimum absolute atomic E-state index is 0.537. The van der Waals surface area contributed by atoms with E-state index in [4.69, 9.17) is 0 Å². The fourth-order valence-corrected chi connectivity index (χ4v) is 4.16. The van der Waals surface area contributed by atoms with E-state index in [0.29, 0.717) is 5.41 Å². The van der Waals surface area contributed by atoms with E-state index in [1.54, 1.807) is 0 Å². The van der Waals surface area contributed by atoms with Crippen molar-refractivity contribution in [3.05, 3.63) is 0 Å². The van der Waals surface area contributed by atoms with Crippen LogP contribution in [0.15, 0.2) is 0 Å². The van der Waals surface area contributed by atoms with E-state index < -0.39 is 0 Å². The third-order valence-electron chi connectivity index (χ3n) is 5.42. The summed E-state index contributed by atoms with van der Waals surface area (Å²) < 4.78 is 0. The molecular weight excluding hydrogens is 232 g/mol. The molecule has 1 heterocycles. The number of piperidine rings is 1. The Kier molecular flexibility index (Phi) is 5.30. The van der Waals surface area contributed by atoms with E-state index in [9.17, 15) is 0 Å². The average molecular weight is 266 g/mol. The van der Waals surface area contributed by atoms with Gasteiger partial charge in [0.15, 0.2) is 0 Å². The molecule has 2 heteroatoms. The van der Waals surface area contributed by atoms with Gasteiger partial charge in [0, 0.05) is 18.6 Å². The Morgan fingerprint density at radius 3 is 2.68 bits per heavy atom. The molecule has 112 valence electrons. The first-order valence-electron chi connectivity index (χ1n) is 8.53. The zero-order valence-electron chi connectivity index (χ0n) is 13.5. The Hall–Kier alpha value is -0.0800. The number of hydrogen-bond donors (Lipinski definition) is 1. The number of nitrogens with zero attached hydrogens (tertiary/aromatic N) is 1. The Balaban J connectivity index is 2.03. The highest BCUT2D eigenvalue weighted by Crippen LogP contribution is 2.38. The highest BCUT2D eigenvalue weighted by atomic mass is 15.2. The molecule has 1 N–H and O–H groups in total. The largest absolute Gasteiger partial charge is 0.313 e. The van der Waals surface area contributed by atoms with Gasteiger partial charge in [0.1, 0.15) is 0 Å². The minimum atomic E-state index is 0.537. The van der Waals surface area contributed by atoms with Gasteiger partial charge in [0.05, 0.1) is 0 Å². The predicted octanol–water partition coefficient (Wildman–Crippen LogP) is 3.67. The van der Waals surface area contributed by atoms with E-state index in [1.165, 1.54) is 51.6 Å². The smallest absolute Gasteiger partial charge is 0.0254 e. The van der Waals surface area contributed by atoms with Gasteiger partial charge in [-0.1, -0.05) is 34.1 Å². The van der Waals surface area contributed by atoms with E-state index in [1.807, 2.05) is 0 Å². The van der Waals surface area contributed by atoms with Crippen LogP contribution in [-0.4, -0.2) is 36.6 Å². The van der Waals surface area contributed by atoms with Crippen molar-refractivity contribution < 1.29 is 0 Å². The second kappa shape index (κ2) is 6.58. The maximum Gasteiger partial charge on any atom is 0.0254 e. The minimum Gasteiger partial charge on any atom is -0.313 e. The molecule has 1 aliphatic carbocycles. The summed E-state index contributed by atoms with van der Waals surface area (Å²) >= 11 is 0. The first-order valence-corrected chi connectivity index (χ1v) is 8.53. The fourth-order valence-electron chi connectivity index (χ4n) is 4.16. The molecule has 2 rings (SSSR count). The second-order valence-corrected chi connectivity index (χ2v) is 7.55. The molecular formula is C17H34N2. The molecule has 3 unspecified atom stereocenters. The fraction of sp³-hybridized carbons (Fsp3) is 1.00. The van der Waals surface area contributed by atoms with E-state index in [2.05, 4.69) is 37.9 Å². The molecule has 2 fully saturated rings. The summed E-state index contributed by atoms with van der Waals surface area (Å²) in [7, 11) is 0.